The maximum atomic E-state index is 13.0. The van der Waals surface area contributed by atoms with Crippen LogP contribution in [0.3, 0.4) is 0 Å². The molecule has 3 aliphatic rings. The Balaban J connectivity index is 1.45. The molecule has 0 bridgehead atoms. The van der Waals surface area contributed by atoms with Crippen molar-refractivity contribution in [3.8, 4) is 0 Å². The van der Waals surface area contributed by atoms with Gasteiger partial charge in [-0.3, -0.25) is 4.79 Å². The molecule has 4 rings (SSSR count). The number of carbonyl (C=O) groups excluding carboxylic acids is 1. The predicted molar refractivity (Wildman–Crippen MR) is 99.3 cm³/mol. The van der Waals surface area contributed by atoms with Crippen LogP contribution in [0.2, 0.25) is 0 Å². The fourth-order valence-electron chi connectivity index (χ4n) is 4.45. The summed E-state index contributed by atoms with van der Waals surface area (Å²) in [6.07, 6.45) is 8.09. The van der Waals surface area contributed by atoms with Crippen molar-refractivity contribution >= 4 is 11.7 Å². The summed E-state index contributed by atoms with van der Waals surface area (Å²) < 4.78 is 11.5. The van der Waals surface area contributed by atoms with E-state index in [0.717, 1.165) is 37.2 Å². The van der Waals surface area contributed by atoms with Gasteiger partial charge in [-0.15, -0.1) is 0 Å². The van der Waals surface area contributed by atoms with Gasteiger partial charge in [0.05, 0.1) is 13.2 Å². The molecule has 1 spiro atoms. The van der Waals surface area contributed by atoms with Crippen LogP contribution >= 0.6 is 0 Å². The SMILES string of the molecule is CCC1CCCCN1c1cc(C(=O)N2CCC3(CC2)OCCO3)ccn1. The van der Waals surface area contributed by atoms with Gasteiger partial charge in [-0.1, -0.05) is 6.92 Å². The third kappa shape index (κ3) is 3.45. The average Bonchev–Trinajstić information content (AvgIpc) is 3.16. The summed E-state index contributed by atoms with van der Waals surface area (Å²) in [4.78, 5) is 21.8. The molecule has 1 unspecified atom stereocenters. The highest BCUT2D eigenvalue weighted by molar-refractivity contribution is 5.95. The van der Waals surface area contributed by atoms with E-state index in [1.165, 1.54) is 19.3 Å². The van der Waals surface area contributed by atoms with Crippen LogP contribution in [-0.4, -0.2) is 60.5 Å². The van der Waals surface area contributed by atoms with Gasteiger partial charge < -0.3 is 19.3 Å². The largest absolute Gasteiger partial charge is 0.354 e. The summed E-state index contributed by atoms with van der Waals surface area (Å²) in [7, 11) is 0. The number of piperidine rings is 2. The number of hydrogen-bond acceptors (Lipinski definition) is 5. The number of ether oxygens (including phenoxy) is 2. The molecule has 1 aromatic rings. The van der Waals surface area contributed by atoms with Gasteiger partial charge in [-0.25, -0.2) is 4.98 Å². The summed E-state index contributed by atoms with van der Waals surface area (Å²) in [6, 6.07) is 4.35. The van der Waals surface area contributed by atoms with Crippen LogP contribution in [-0.2, 0) is 9.47 Å². The molecule has 4 heterocycles. The Morgan fingerprint density at radius 3 is 2.73 bits per heavy atom. The number of hydrogen-bond donors (Lipinski definition) is 0. The fourth-order valence-corrected chi connectivity index (χ4v) is 4.45. The summed E-state index contributed by atoms with van der Waals surface area (Å²) in [5, 5.41) is 0. The first-order valence-electron chi connectivity index (χ1n) is 10.0. The first-order chi connectivity index (χ1) is 12.7. The lowest BCUT2D eigenvalue weighted by atomic mass is 9.99. The molecule has 0 saturated carbocycles. The van der Waals surface area contributed by atoms with E-state index in [9.17, 15) is 4.79 Å². The average molecular weight is 359 g/mol. The van der Waals surface area contributed by atoms with Crippen LogP contribution < -0.4 is 4.90 Å². The molecule has 142 valence electrons. The molecule has 0 N–H and O–H groups in total. The zero-order valence-corrected chi connectivity index (χ0v) is 15.7. The maximum absolute atomic E-state index is 13.0. The zero-order chi connectivity index (χ0) is 18.0. The van der Waals surface area contributed by atoms with Gasteiger partial charge in [0.1, 0.15) is 5.82 Å². The zero-order valence-electron chi connectivity index (χ0n) is 15.7. The minimum absolute atomic E-state index is 0.0894. The van der Waals surface area contributed by atoms with E-state index in [-0.39, 0.29) is 5.91 Å². The van der Waals surface area contributed by atoms with Crippen molar-refractivity contribution in [3.63, 3.8) is 0 Å². The number of nitrogens with zero attached hydrogens (tertiary/aromatic N) is 3. The molecule has 6 nitrogen and oxygen atoms in total. The molecule has 3 saturated heterocycles. The van der Waals surface area contributed by atoms with Gasteiger partial charge in [0.25, 0.3) is 5.91 Å². The standard InChI is InChI=1S/C20H29N3O3/c1-2-17-5-3-4-10-23(17)18-15-16(6-9-21-18)19(24)22-11-7-20(8-12-22)25-13-14-26-20/h6,9,15,17H,2-5,7-8,10-14H2,1H3. The second-order valence-corrected chi connectivity index (χ2v) is 7.55. The highest BCUT2D eigenvalue weighted by atomic mass is 16.7. The van der Waals surface area contributed by atoms with E-state index in [4.69, 9.17) is 9.47 Å². The normalized spacial score (nSPS) is 25.7. The molecule has 1 atom stereocenters. The molecule has 3 aliphatic heterocycles. The minimum atomic E-state index is -0.442. The first-order valence-corrected chi connectivity index (χ1v) is 10.0. The van der Waals surface area contributed by atoms with Crippen molar-refractivity contribution in [3.05, 3.63) is 23.9 Å². The fraction of sp³-hybridized carbons (Fsp3) is 0.700. The number of likely N-dealkylation sites (tertiary alicyclic amines) is 1. The number of aromatic nitrogens is 1. The maximum Gasteiger partial charge on any atom is 0.254 e. The quantitative estimate of drug-likeness (QED) is 0.831. The van der Waals surface area contributed by atoms with Gasteiger partial charge >= 0.3 is 0 Å². The summed E-state index contributed by atoms with van der Waals surface area (Å²) in [5.74, 6) is 0.590. The Morgan fingerprint density at radius 2 is 2.00 bits per heavy atom. The molecule has 0 aromatic carbocycles. The van der Waals surface area contributed by atoms with E-state index in [0.29, 0.717) is 32.3 Å². The molecule has 1 aromatic heterocycles. The van der Waals surface area contributed by atoms with Crippen LogP contribution in [0.4, 0.5) is 5.82 Å². The van der Waals surface area contributed by atoms with Gasteiger partial charge in [0, 0.05) is 50.3 Å². The number of anilines is 1. The topological polar surface area (TPSA) is 54.9 Å². The predicted octanol–water partition coefficient (Wildman–Crippen LogP) is 2.83. The van der Waals surface area contributed by atoms with E-state index >= 15 is 0 Å². The second-order valence-electron chi connectivity index (χ2n) is 7.55. The molecule has 0 radical (unpaired) electrons. The Labute approximate surface area is 155 Å². The van der Waals surface area contributed by atoms with E-state index in [2.05, 4.69) is 16.8 Å². The van der Waals surface area contributed by atoms with Crippen LogP contribution in [0.1, 0.15) is 55.8 Å². The highest BCUT2D eigenvalue weighted by Crippen LogP contribution is 2.32. The monoisotopic (exact) mass is 359 g/mol. The van der Waals surface area contributed by atoms with Crippen LogP contribution in [0, 0.1) is 0 Å². The van der Waals surface area contributed by atoms with Gasteiger partial charge in [0.2, 0.25) is 0 Å². The number of carbonyl (C=O) groups is 1. The lowest BCUT2D eigenvalue weighted by Gasteiger charge is -2.38. The lowest BCUT2D eigenvalue weighted by molar-refractivity contribution is -0.181. The Morgan fingerprint density at radius 1 is 1.23 bits per heavy atom. The van der Waals surface area contributed by atoms with Crippen molar-refractivity contribution in [2.75, 3.05) is 37.7 Å². The van der Waals surface area contributed by atoms with Gasteiger partial charge in [0.15, 0.2) is 5.79 Å². The van der Waals surface area contributed by atoms with E-state index in [1.54, 1.807) is 6.20 Å². The smallest absolute Gasteiger partial charge is 0.254 e. The summed E-state index contributed by atoms with van der Waals surface area (Å²) >= 11 is 0. The molecule has 1 amide bonds. The highest BCUT2D eigenvalue weighted by Gasteiger charge is 2.40. The molecule has 3 fully saturated rings. The third-order valence-electron chi connectivity index (χ3n) is 6.01. The molecular formula is C20H29N3O3. The summed E-state index contributed by atoms with van der Waals surface area (Å²) in [5.41, 5.74) is 0.736. The molecule has 26 heavy (non-hydrogen) atoms. The van der Waals surface area contributed by atoms with Crippen molar-refractivity contribution < 1.29 is 14.3 Å². The molecule has 0 aliphatic carbocycles. The van der Waals surface area contributed by atoms with Gasteiger partial charge in [-0.2, -0.15) is 0 Å². The Kier molecular flexibility index (Phi) is 5.14. The van der Waals surface area contributed by atoms with Crippen molar-refractivity contribution in [1.82, 2.24) is 9.88 Å². The Hall–Kier alpha value is -1.66. The Bertz CT molecular complexity index is 635. The number of rotatable bonds is 3. The number of pyridine rings is 1. The van der Waals surface area contributed by atoms with Crippen LogP contribution in [0.15, 0.2) is 18.3 Å². The summed E-state index contributed by atoms with van der Waals surface area (Å²) in [6.45, 7) is 5.94. The number of amides is 1. The lowest BCUT2D eigenvalue weighted by Crippen LogP contribution is -2.47. The first kappa shape index (κ1) is 17.7. The van der Waals surface area contributed by atoms with E-state index in [1.807, 2.05) is 17.0 Å². The van der Waals surface area contributed by atoms with Crippen molar-refractivity contribution in [2.24, 2.45) is 0 Å². The van der Waals surface area contributed by atoms with E-state index < -0.39 is 5.79 Å². The molecule has 6 heteroatoms. The van der Waals surface area contributed by atoms with Crippen molar-refractivity contribution in [2.45, 2.75) is 57.3 Å². The van der Waals surface area contributed by atoms with Crippen molar-refractivity contribution in [1.29, 1.82) is 0 Å². The minimum Gasteiger partial charge on any atom is -0.354 e. The third-order valence-corrected chi connectivity index (χ3v) is 6.01. The second kappa shape index (κ2) is 7.53. The molecular weight excluding hydrogens is 330 g/mol. The van der Waals surface area contributed by atoms with Crippen LogP contribution in [0.25, 0.3) is 0 Å². The van der Waals surface area contributed by atoms with Crippen LogP contribution in [0.5, 0.6) is 0 Å². The van der Waals surface area contributed by atoms with Gasteiger partial charge in [-0.05, 0) is 37.8 Å².